The number of aryl methyl sites for hydroxylation is 1. The third-order valence-electron chi connectivity index (χ3n) is 4.84. The second-order valence-corrected chi connectivity index (χ2v) is 6.45. The van der Waals surface area contributed by atoms with E-state index in [2.05, 4.69) is 30.8 Å². The van der Waals surface area contributed by atoms with Gasteiger partial charge in [-0.25, -0.2) is 0 Å². The lowest BCUT2D eigenvalue weighted by Gasteiger charge is -2.42. The largest absolute Gasteiger partial charge is 0.493 e. The van der Waals surface area contributed by atoms with Gasteiger partial charge in [-0.2, -0.15) is 5.10 Å². The van der Waals surface area contributed by atoms with Gasteiger partial charge in [0.15, 0.2) is 5.75 Å². The predicted octanol–water partition coefficient (Wildman–Crippen LogP) is 2.57. The Hall–Kier alpha value is -1.07. The van der Waals surface area contributed by atoms with E-state index >= 15 is 0 Å². The zero-order valence-corrected chi connectivity index (χ0v) is 13.9. The molecule has 1 aliphatic rings. The molecule has 0 radical (unpaired) electrons. The van der Waals surface area contributed by atoms with Crippen LogP contribution in [0.1, 0.15) is 58.2 Å². The number of hydrogen-bond donors (Lipinski definition) is 1. The average Bonchev–Trinajstić information content (AvgIpc) is 2.69. The normalized spacial score (nSPS) is 19.3. The molecule has 120 valence electrons. The van der Waals surface area contributed by atoms with E-state index in [0.717, 1.165) is 31.1 Å². The highest BCUT2D eigenvalue weighted by Crippen LogP contribution is 2.35. The number of nitrogens with zero attached hydrogens (tertiary/aromatic N) is 3. The van der Waals surface area contributed by atoms with Gasteiger partial charge in [-0.15, -0.1) is 0 Å². The summed E-state index contributed by atoms with van der Waals surface area (Å²) in [5.74, 6) is 0.798. The molecule has 1 aliphatic heterocycles. The van der Waals surface area contributed by atoms with E-state index in [1.54, 1.807) is 13.3 Å². The molecule has 2 heterocycles. The maximum Gasteiger partial charge on any atom is 0.161 e. The number of rotatable bonds is 5. The van der Waals surface area contributed by atoms with Crippen molar-refractivity contribution in [3.8, 4) is 5.75 Å². The Kier molecular flexibility index (Phi) is 5.27. The molecule has 1 fully saturated rings. The van der Waals surface area contributed by atoms with Crippen LogP contribution in [0.15, 0.2) is 6.20 Å². The first-order chi connectivity index (χ1) is 10.0. The van der Waals surface area contributed by atoms with Gasteiger partial charge < -0.3 is 10.5 Å². The minimum Gasteiger partial charge on any atom is -0.493 e. The summed E-state index contributed by atoms with van der Waals surface area (Å²) in [6.45, 7) is 9.64. The minimum absolute atomic E-state index is 0.107. The molecule has 21 heavy (non-hydrogen) atoms. The fourth-order valence-electron chi connectivity index (χ4n) is 3.28. The number of ether oxygens (including phenoxy) is 1. The maximum absolute atomic E-state index is 6.67. The molecule has 2 N–H and O–H groups in total. The van der Waals surface area contributed by atoms with E-state index in [4.69, 9.17) is 10.5 Å². The standard InChI is InChI=1S/C16H30N4O/c1-5-20-14(13(21-4)12-18-20)15(17)16(2,3)19-10-8-6-7-9-11-19/h12,15H,5-11,17H2,1-4H3. The molecular formula is C16H30N4O. The molecule has 0 amide bonds. The Morgan fingerprint density at radius 3 is 2.43 bits per heavy atom. The van der Waals surface area contributed by atoms with Crippen LogP contribution in [0, 0.1) is 0 Å². The molecule has 1 aromatic rings. The number of likely N-dealkylation sites (tertiary alicyclic amines) is 1. The summed E-state index contributed by atoms with van der Waals surface area (Å²) in [7, 11) is 1.69. The van der Waals surface area contributed by atoms with Crippen LogP contribution in [0.3, 0.4) is 0 Å². The van der Waals surface area contributed by atoms with Crippen molar-refractivity contribution in [2.24, 2.45) is 5.73 Å². The number of nitrogens with two attached hydrogens (primary N) is 1. The summed E-state index contributed by atoms with van der Waals surface area (Å²) in [4.78, 5) is 2.54. The molecule has 1 atom stereocenters. The van der Waals surface area contributed by atoms with Crippen molar-refractivity contribution in [1.82, 2.24) is 14.7 Å². The lowest BCUT2D eigenvalue weighted by Crippen LogP contribution is -2.52. The quantitative estimate of drug-likeness (QED) is 0.907. The number of hydrogen-bond acceptors (Lipinski definition) is 4. The van der Waals surface area contributed by atoms with Gasteiger partial charge in [0.2, 0.25) is 0 Å². The van der Waals surface area contributed by atoms with Crippen LogP contribution in [0.5, 0.6) is 5.75 Å². The van der Waals surface area contributed by atoms with Crippen LogP contribution in [0.25, 0.3) is 0 Å². The Balaban J connectivity index is 2.28. The van der Waals surface area contributed by atoms with Crippen molar-refractivity contribution in [2.75, 3.05) is 20.2 Å². The predicted molar refractivity (Wildman–Crippen MR) is 85.5 cm³/mol. The third kappa shape index (κ3) is 3.24. The van der Waals surface area contributed by atoms with Crippen LogP contribution in [0.2, 0.25) is 0 Å². The van der Waals surface area contributed by atoms with Crippen molar-refractivity contribution in [3.05, 3.63) is 11.9 Å². The van der Waals surface area contributed by atoms with E-state index < -0.39 is 0 Å². The fraction of sp³-hybridized carbons (Fsp3) is 0.812. The van der Waals surface area contributed by atoms with Crippen molar-refractivity contribution in [3.63, 3.8) is 0 Å². The van der Waals surface area contributed by atoms with Gasteiger partial charge in [0, 0.05) is 12.1 Å². The Morgan fingerprint density at radius 1 is 1.29 bits per heavy atom. The molecule has 5 nitrogen and oxygen atoms in total. The van der Waals surface area contributed by atoms with E-state index in [1.165, 1.54) is 25.7 Å². The first-order valence-corrected chi connectivity index (χ1v) is 8.12. The summed E-state index contributed by atoms with van der Waals surface area (Å²) >= 11 is 0. The lowest BCUT2D eigenvalue weighted by molar-refractivity contribution is 0.0939. The van der Waals surface area contributed by atoms with Crippen LogP contribution < -0.4 is 10.5 Å². The van der Waals surface area contributed by atoms with Gasteiger partial charge >= 0.3 is 0 Å². The molecule has 0 aliphatic carbocycles. The molecule has 0 saturated carbocycles. The van der Waals surface area contributed by atoms with Crippen molar-refractivity contribution >= 4 is 0 Å². The topological polar surface area (TPSA) is 56.3 Å². The van der Waals surface area contributed by atoms with Gasteiger partial charge in [0.25, 0.3) is 0 Å². The molecule has 1 aromatic heterocycles. The van der Waals surface area contributed by atoms with E-state index in [0.29, 0.717) is 0 Å². The Morgan fingerprint density at radius 2 is 1.90 bits per heavy atom. The first kappa shape index (κ1) is 16.3. The molecule has 1 saturated heterocycles. The summed E-state index contributed by atoms with van der Waals surface area (Å²) < 4.78 is 7.44. The highest BCUT2D eigenvalue weighted by Gasteiger charge is 2.37. The highest BCUT2D eigenvalue weighted by atomic mass is 16.5. The van der Waals surface area contributed by atoms with E-state index in [1.807, 2.05) is 4.68 Å². The summed E-state index contributed by atoms with van der Waals surface area (Å²) in [5.41, 5.74) is 7.57. The second-order valence-electron chi connectivity index (χ2n) is 6.45. The van der Waals surface area contributed by atoms with Crippen molar-refractivity contribution < 1.29 is 4.74 Å². The molecule has 0 spiro atoms. The van der Waals surface area contributed by atoms with Crippen LogP contribution in [-0.2, 0) is 6.54 Å². The molecular weight excluding hydrogens is 264 g/mol. The smallest absolute Gasteiger partial charge is 0.161 e. The third-order valence-corrected chi connectivity index (χ3v) is 4.84. The summed E-state index contributed by atoms with van der Waals surface area (Å²) in [6.07, 6.45) is 6.97. The molecule has 1 unspecified atom stereocenters. The monoisotopic (exact) mass is 294 g/mol. The maximum atomic E-state index is 6.67. The van der Waals surface area contributed by atoms with E-state index in [-0.39, 0.29) is 11.6 Å². The number of methoxy groups -OCH3 is 1. The van der Waals surface area contributed by atoms with Gasteiger partial charge in [-0.05, 0) is 46.7 Å². The zero-order chi connectivity index (χ0) is 15.5. The Labute approximate surface area is 128 Å². The van der Waals surface area contributed by atoms with Gasteiger partial charge in [-0.3, -0.25) is 9.58 Å². The SMILES string of the molecule is CCn1ncc(OC)c1C(N)C(C)(C)N1CCCCCC1. The van der Waals surface area contributed by atoms with Gasteiger partial charge in [0.05, 0.1) is 25.0 Å². The van der Waals surface area contributed by atoms with Crippen LogP contribution >= 0.6 is 0 Å². The fourth-order valence-corrected chi connectivity index (χ4v) is 3.28. The molecule has 0 bridgehead atoms. The van der Waals surface area contributed by atoms with Crippen LogP contribution in [0.4, 0.5) is 0 Å². The molecule has 0 aromatic carbocycles. The van der Waals surface area contributed by atoms with Crippen molar-refractivity contribution in [2.45, 2.75) is 64.6 Å². The van der Waals surface area contributed by atoms with Crippen molar-refractivity contribution in [1.29, 1.82) is 0 Å². The summed E-state index contributed by atoms with van der Waals surface area (Å²) in [5, 5.41) is 4.40. The van der Waals surface area contributed by atoms with E-state index in [9.17, 15) is 0 Å². The average molecular weight is 294 g/mol. The Bertz CT molecular complexity index is 426. The van der Waals surface area contributed by atoms with Crippen LogP contribution in [-0.4, -0.2) is 40.4 Å². The van der Waals surface area contributed by atoms with Gasteiger partial charge in [0.1, 0.15) is 0 Å². The second kappa shape index (κ2) is 6.79. The number of aromatic nitrogens is 2. The molecule has 2 rings (SSSR count). The summed E-state index contributed by atoms with van der Waals surface area (Å²) in [6, 6.07) is -0.118. The highest BCUT2D eigenvalue weighted by molar-refractivity contribution is 5.30. The zero-order valence-electron chi connectivity index (χ0n) is 13.9. The lowest BCUT2D eigenvalue weighted by atomic mass is 9.89. The first-order valence-electron chi connectivity index (χ1n) is 8.12. The molecule has 5 heteroatoms. The minimum atomic E-state index is -0.118. The van der Waals surface area contributed by atoms with Gasteiger partial charge in [-0.1, -0.05) is 12.8 Å².